The molecule has 0 bridgehead atoms. The van der Waals surface area contributed by atoms with Crippen LogP contribution in [-0.2, 0) is 11.3 Å². The molecule has 31 heavy (non-hydrogen) atoms. The zero-order valence-corrected chi connectivity index (χ0v) is 19.7. The molecule has 2 N–H and O–H groups in total. The number of carbonyl (C=O) groups excluding carboxylic acids is 1. The van der Waals surface area contributed by atoms with Crippen LogP contribution in [0.5, 0.6) is 11.5 Å². The maximum absolute atomic E-state index is 12.2. The van der Waals surface area contributed by atoms with Crippen molar-refractivity contribution in [2.24, 2.45) is 4.99 Å². The summed E-state index contributed by atoms with van der Waals surface area (Å²) in [5, 5.41) is 6.65. The number of ether oxygens (including phenoxy) is 3. The van der Waals surface area contributed by atoms with Crippen molar-refractivity contribution < 1.29 is 19.0 Å². The Labute approximate surface area is 185 Å². The van der Waals surface area contributed by atoms with E-state index in [0.29, 0.717) is 31.1 Å². The Morgan fingerprint density at radius 3 is 2.32 bits per heavy atom. The molecule has 1 fully saturated rings. The lowest BCUT2D eigenvalue weighted by Gasteiger charge is -2.35. The topological polar surface area (TPSA) is 87.7 Å². The van der Waals surface area contributed by atoms with E-state index in [9.17, 15) is 4.79 Å². The number of piperazine rings is 1. The van der Waals surface area contributed by atoms with Crippen LogP contribution in [0.25, 0.3) is 0 Å². The second-order valence-corrected chi connectivity index (χ2v) is 8.35. The number of hydrogen-bond donors (Lipinski definition) is 2. The van der Waals surface area contributed by atoms with Crippen LogP contribution in [0.3, 0.4) is 0 Å². The van der Waals surface area contributed by atoms with Gasteiger partial charge in [-0.25, -0.2) is 4.79 Å². The number of amides is 1. The van der Waals surface area contributed by atoms with Crippen molar-refractivity contribution in [2.45, 2.75) is 32.9 Å². The van der Waals surface area contributed by atoms with E-state index in [-0.39, 0.29) is 6.09 Å². The van der Waals surface area contributed by atoms with Crippen molar-refractivity contribution in [2.75, 3.05) is 60.5 Å². The van der Waals surface area contributed by atoms with E-state index in [2.05, 4.69) is 20.5 Å². The van der Waals surface area contributed by atoms with E-state index >= 15 is 0 Å². The Hall–Kier alpha value is -2.68. The van der Waals surface area contributed by atoms with E-state index in [1.165, 1.54) is 0 Å². The number of nitrogens with one attached hydrogen (secondary N) is 2. The van der Waals surface area contributed by atoms with E-state index in [4.69, 9.17) is 14.2 Å². The number of nitrogens with zero attached hydrogens (tertiary/aromatic N) is 3. The van der Waals surface area contributed by atoms with Gasteiger partial charge in [0.2, 0.25) is 0 Å². The van der Waals surface area contributed by atoms with E-state index in [1.807, 2.05) is 39.0 Å². The highest BCUT2D eigenvalue weighted by Gasteiger charge is 2.25. The first kappa shape index (κ1) is 24.6. The van der Waals surface area contributed by atoms with Gasteiger partial charge in [-0.15, -0.1) is 0 Å². The monoisotopic (exact) mass is 435 g/mol. The first-order chi connectivity index (χ1) is 14.8. The average molecular weight is 436 g/mol. The number of guanidine groups is 1. The minimum atomic E-state index is -0.460. The Balaban J connectivity index is 1.70. The summed E-state index contributed by atoms with van der Waals surface area (Å²) in [6, 6.07) is 5.83. The van der Waals surface area contributed by atoms with Crippen molar-refractivity contribution in [3.8, 4) is 11.5 Å². The number of benzene rings is 1. The number of hydrogen-bond acceptors (Lipinski definition) is 6. The minimum Gasteiger partial charge on any atom is -0.493 e. The Bertz CT molecular complexity index is 740. The molecule has 0 spiro atoms. The molecule has 9 nitrogen and oxygen atoms in total. The van der Waals surface area contributed by atoms with Gasteiger partial charge in [0.15, 0.2) is 17.5 Å². The summed E-state index contributed by atoms with van der Waals surface area (Å²) in [6.45, 7) is 10.9. The van der Waals surface area contributed by atoms with Crippen LogP contribution < -0.4 is 20.1 Å². The van der Waals surface area contributed by atoms with Crippen LogP contribution in [-0.4, -0.2) is 88.0 Å². The van der Waals surface area contributed by atoms with Gasteiger partial charge in [0.05, 0.1) is 14.2 Å². The van der Waals surface area contributed by atoms with Gasteiger partial charge < -0.3 is 29.7 Å². The molecule has 0 unspecified atom stereocenters. The molecule has 0 aromatic heterocycles. The highest BCUT2D eigenvalue weighted by Crippen LogP contribution is 2.27. The van der Waals surface area contributed by atoms with Crippen LogP contribution in [0.1, 0.15) is 26.3 Å². The predicted molar refractivity (Wildman–Crippen MR) is 122 cm³/mol. The van der Waals surface area contributed by atoms with Gasteiger partial charge >= 0.3 is 6.09 Å². The third kappa shape index (κ3) is 8.16. The fourth-order valence-corrected chi connectivity index (χ4v) is 3.21. The van der Waals surface area contributed by atoms with Crippen molar-refractivity contribution in [3.05, 3.63) is 23.8 Å². The largest absolute Gasteiger partial charge is 0.493 e. The molecule has 1 heterocycles. The molecule has 2 rings (SSSR count). The van der Waals surface area contributed by atoms with Gasteiger partial charge in [0.25, 0.3) is 0 Å². The highest BCUT2D eigenvalue weighted by molar-refractivity contribution is 5.79. The molecule has 0 saturated carbocycles. The summed E-state index contributed by atoms with van der Waals surface area (Å²) in [5.74, 6) is 2.15. The highest BCUT2D eigenvalue weighted by atomic mass is 16.6. The molecule has 0 radical (unpaired) electrons. The first-order valence-corrected chi connectivity index (χ1v) is 10.6. The van der Waals surface area contributed by atoms with E-state index in [0.717, 1.165) is 37.7 Å². The lowest BCUT2D eigenvalue weighted by Crippen LogP contribution is -2.51. The Morgan fingerprint density at radius 2 is 1.74 bits per heavy atom. The fourth-order valence-electron chi connectivity index (χ4n) is 3.21. The number of carbonyl (C=O) groups is 1. The molecule has 1 aromatic rings. The molecule has 1 saturated heterocycles. The first-order valence-electron chi connectivity index (χ1n) is 10.6. The van der Waals surface area contributed by atoms with E-state index < -0.39 is 5.60 Å². The normalized spacial score (nSPS) is 15.4. The summed E-state index contributed by atoms with van der Waals surface area (Å²) in [6.07, 6.45) is -0.231. The minimum absolute atomic E-state index is 0.231. The van der Waals surface area contributed by atoms with Gasteiger partial charge in [-0.2, -0.15) is 0 Å². The summed E-state index contributed by atoms with van der Waals surface area (Å²) in [4.78, 5) is 20.5. The molecule has 0 atom stereocenters. The van der Waals surface area contributed by atoms with Gasteiger partial charge in [0.1, 0.15) is 5.60 Å². The molecular formula is C22H37N5O4. The van der Waals surface area contributed by atoms with Crippen molar-refractivity contribution in [1.29, 1.82) is 0 Å². The Morgan fingerprint density at radius 1 is 1.06 bits per heavy atom. The third-order valence-electron chi connectivity index (χ3n) is 4.88. The van der Waals surface area contributed by atoms with Crippen LogP contribution in [0.4, 0.5) is 4.79 Å². The van der Waals surface area contributed by atoms with Crippen molar-refractivity contribution in [1.82, 2.24) is 20.4 Å². The number of methoxy groups -OCH3 is 2. The standard InChI is InChI=1S/C22H37N5O4/c1-22(2,3)31-21(28)27-13-11-26(12-14-27)10-9-24-20(23-4)25-16-17-7-8-18(29-5)19(15-17)30-6/h7-8,15H,9-14,16H2,1-6H3,(H2,23,24,25). The van der Waals surface area contributed by atoms with Crippen molar-refractivity contribution >= 4 is 12.1 Å². The lowest BCUT2D eigenvalue weighted by molar-refractivity contribution is 0.0147. The van der Waals surface area contributed by atoms with Gasteiger partial charge in [-0.05, 0) is 38.5 Å². The SMILES string of the molecule is CN=C(NCCN1CCN(C(=O)OC(C)(C)C)CC1)NCc1ccc(OC)c(OC)c1. The van der Waals surface area contributed by atoms with Crippen LogP contribution in [0.15, 0.2) is 23.2 Å². The second-order valence-electron chi connectivity index (χ2n) is 8.35. The Kier molecular flexibility index (Phi) is 9.23. The quantitative estimate of drug-likeness (QED) is 0.500. The molecule has 1 aliphatic rings. The zero-order valence-electron chi connectivity index (χ0n) is 19.7. The maximum Gasteiger partial charge on any atom is 0.410 e. The molecule has 174 valence electrons. The summed E-state index contributed by atoms with van der Waals surface area (Å²) >= 11 is 0. The van der Waals surface area contributed by atoms with Crippen molar-refractivity contribution in [3.63, 3.8) is 0 Å². The molecule has 1 aliphatic heterocycles. The summed E-state index contributed by atoms with van der Waals surface area (Å²) in [5.41, 5.74) is 0.608. The number of rotatable bonds is 7. The maximum atomic E-state index is 12.2. The third-order valence-corrected chi connectivity index (χ3v) is 4.88. The smallest absolute Gasteiger partial charge is 0.410 e. The summed E-state index contributed by atoms with van der Waals surface area (Å²) < 4.78 is 16.1. The van der Waals surface area contributed by atoms with Gasteiger partial charge in [-0.1, -0.05) is 6.07 Å². The van der Waals surface area contributed by atoms with Crippen LogP contribution in [0.2, 0.25) is 0 Å². The molecule has 1 amide bonds. The molecule has 9 heteroatoms. The lowest BCUT2D eigenvalue weighted by atomic mass is 10.2. The average Bonchev–Trinajstić information content (AvgIpc) is 2.75. The van der Waals surface area contributed by atoms with Crippen LogP contribution >= 0.6 is 0 Å². The predicted octanol–water partition coefficient (Wildman–Crippen LogP) is 1.92. The second kappa shape index (κ2) is 11.6. The number of aliphatic imine (C=N–C) groups is 1. The fraction of sp³-hybridized carbons (Fsp3) is 0.636. The molecular weight excluding hydrogens is 398 g/mol. The summed E-state index contributed by atoms with van der Waals surface area (Å²) in [7, 11) is 5.01. The van der Waals surface area contributed by atoms with Gasteiger partial charge in [0, 0.05) is 52.9 Å². The molecule has 0 aliphatic carbocycles. The van der Waals surface area contributed by atoms with Crippen LogP contribution in [0, 0.1) is 0 Å². The molecule has 1 aromatic carbocycles. The van der Waals surface area contributed by atoms with Gasteiger partial charge in [-0.3, -0.25) is 9.89 Å². The zero-order chi connectivity index (χ0) is 22.9. The van der Waals surface area contributed by atoms with E-state index in [1.54, 1.807) is 26.2 Å².